The molecule has 0 atom stereocenters. The molecule has 0 aromatic heterocycles. The predicted octanol–water partition coefficient (Wildman–Crippen LogP) is 2.88. The summed E-state index contributed by atoms with van der Waals surface area (Å²) in [5, 5.41) is 12.9. The predicted molar refractivity (Wildman–Crippen MR) is 65.3 cm³/mol. The van der Waals surface area contributed by atoms with Crippen LogP contribution in [0.15, 0.2) is 18.2 Å². The quantitative estimate of drug-likeness (QED) is 0.795. The number of nitrogens with one attached hydrogen (secondary N) is 1. The maximum atomic E-state index is 9.55. The average molecular weight is 207 g/mol. The summed E-state index contributed by atoms with van der Waals surface area (Å²) in [5.41, 5.74) is 3.14. The summed E-state index contributed by atoms with van der Waals surface area (Å²) in [6, 6.07) is 6.33. The molecule has 2 nitrogen and oxygen atoms in total. The van der Waals surface area contributed by atoms with Gasteiger partial charge in [0.15, 0.2) is 0 Å². The van der Waals surface area contributed by atoms with Gasteiger partial charge in [-0.1, -0.05) is 6.07 Å². The summed E-state index contributed by atoms with van der Waals surface area (Å²) in [6.45, 7) is 8.67. The van der Waals surface area contributed by atoms with Crippen LogP contribution in [0, 0.1) is 13.8 Å². The zero-order chi connectivity index (χ0) is 11.5. The summed E-state index contributed by atoms with van der Waals surface area (Å²) < 4.78 is 0. The number of anilines is 1. The molecule has 0 spiro atoms. The molecule has 0 heterocycles. The van der Waals surface area contributed by atoms with Gasteiger partial charge in [0.1, 0.15) is 0 Å². The van der Waals surface area contributed by atoms with E-state index < -0.39 is 5.60 Å². The first kappa shape index (κ1) is 12.1. The Morgan fingerprint density at radius 3 is 2.40 bits per heavy atom. The van der Waals surface area contributed by atoms with Crippen LogP contribution in [0.5, 0.6) is 0 Å². The second kappa shape index (κ2) is 4.67. The second-order valence-electron chi connectivity index (χ2n) is 4.79. The minimum absolute atomic E-state index is 0.591. The molecule has 0 saturated carbocycles. The summed E-state index contributed by atoms with van der Waals surface area (Å²) in [4.78, 5) is 0. The monoisotopic (exact) mass is 207 g/mol. The summed E-state index contributed by atoms with van der Waals surface area (Å²) in [6.07, 6.45) is 0.750. The van der Waals surface area contributed by atoms with Gasteiger partial charge in [0.25, 0.3) is 0 Å². The van der Waals surface area contributed by atoms with E-state index in [4.69, 9.17) is 0 Å². The Hall–Kier alpha value is -1.02. The molecule has 84 valence electrons. The van der Waals surface area contributed by atoms with Crippen molar-refractivity contribution in [1.29, 1.82) is 0 Å². The van der Waals surface area contributed by atoms with Crippen LogP contribution in [0.2, 0.25) is 0 Å². The minimum Gasteiger partial charge on any atom is -0.390 e. The van der Waals surface area contributed by atoms with Gasteiger partial charge in [0.2, 0.25) is 0 Å². The molecule has 0 amide bonds. The highest BCUT2D eigenvalue weighted by molar-refractivity contribution is 5.47. The van der Waals surface area contributed by atoms with E-state index in [1.54, 1.807) is 0 Å². The lowest BCUT2D eigenvalue weighted by Crippen LogP contribution is -2.22. The highest BCUT2D eigenvalue weighted by atomic mass is 16.3. The van der Waals surface area contributed by atoms with E-state index in [1.165, 1.54) is 11.1 Å². The molecule has 15 heavy (non-hydrogen) atoms. The Morgan fingerprint density at radius 1 is 1.20 bits per heavy atom. The molecule has 0 radical (unpaired) electrons. The molecule has 0 saturated heterocycles. The molecule has 2 N–H and O–H groups in total. The van der Waals surface area contributed by atoms with Gasteiger partial charge in [-0.2, -0.15) is 0 Å². The van der Waals surface area contributed by atoms with Crippen molar-refractivity contribution in [1.82, 2.24) is 0 Å². The van der Waals surface area contributed by atoms with Crippen LogP contribution in [0.1, 0.15) is 31.4 Å². The normalized spacial score (nSPS) is 11.5. The summed E-state index contributed by atoms with van der Waals surface area (Å²) in [7, 11) is 0. The van der Waals surface area contributed by atoms with Crippen molar-refractivity contribution in [2.75, 3.05) is 11.9 Å². The first-order chi connectivity index (χ1) is 6.88. The zero-order valence-electron chi connectivity index (χ0n) is 10.1. The van der Waals surface area contributed by atoms with Crippen molar-refractivity contribution in [3.05, 3.63) is 29.3 Å². The summed E-state index contributed by atoms with van der Waals surface area (Å²) in [5.74, 6) is 0. The molecule has 1 aromatic carbocycles. The van der Waals surface area contributed by atoms with E-state index >= 15 is 0 Å². The average Bonchev–Trinajstić information content (AvgIpc) is 2.09. The number of aryl methyl sites for hydroxylation is 2. The first-order valence-electron chi connectivity index (χ1n) is 5.42. The molecule has 2 heteroatoms. The van der Waals surface area contributed by atoms with Crippen molar-refractivity contribution in [3.8, 4) is 0 Å². The molecule has 0 aliphatic rings. The SMILES string of the molecule is Cc1ccc(NCCC(C)(C)O)cc1C. The fourth-order valence-electron chi connectivity index (χ4n) is 1.36. The molecule has 0 fully saturated rings. The van der Waals surface area contributed by atoms with Gasteiger partial charge in [-0.3, -0.25) is 0 Å². The zero-order valence-corrected chi connectivity index (χ0v) is 10.1. The van der Waals surface area contributed by atoms with E-state index in [2.05, 4.69) is 37.4 Å². The van der Waals surface area contributed by atoms with Crippen LogP contribution in [-0.4, -0.2) is 17.3 Å². The summed E-state index contributed by atoms with van der Waals surface area (Å²) >= 11 is 0. The largest absolute Gasteiger partial charge is 0.390 e. The smallest absolute Gasteiger partial charge is 0.0608 e. The molecule has 0 unspecified atom stereocenters. The van der Waals surface area contributed by atoms with Gasteiger partial charge in [-0.15, -0.1) is 0 Å². The van der Waals surface area contributed by atoms with Crippen LogP contribution in [-0.2, 0) is 0 Å². The third-order valence-electron chi connectivity index (χ3n) is 2.57. The van der Waals surface area contributed by atoms with Crippen LogP contribution in [0.25, 0.3) is 0 Å². The Bertz CT molecular complexity index is 326. The molecule has 0 bridgehead atoms. The van der Waals surface area contributed by atoms with Gasteiger partial charge < -0.3 is 10.4 Å². The van der Waals surface area contributed by atoms with Crippen LogP contribution >= 0.6 is 0 Å². The third kappa shape index (κ3) is 4.34. The van der Waals surface area contributed by atoms with Crippen molar-refractivity contribution in [2.24, 2.45) is 0 Å². The minimum atomic E-state index is -0.591. The van der Waals surface area contributed by atoms with E-state index in [-0.39, 0.29) is 0 Å². The fraction of sp³-hybridized carbons (Fsp3) is 0.538. The van der Waals surface area contributed by atoms with Gasteiger partial charge in [-0.05, 0) is 57.4 Å². The van der Waals surface area contributed by atoms with E-state index in [0.29, 0.717) is 0 Å². The van der Waals surface area contributed by atoms with Crippen molar-refractivity contribution in [3.63, 3.8) is 0 Å². The lowest BCUT2D eigenvalue weighted by atomic mass is 10.1. The van der Waals surface area contributed by atoms with Gasteiger partial charge in [-0.25, -0.2) is 0 Å². The van der Waals surface area contributed by atoms with Crippen molar-refractivity contribution >= 4 is 5.69 Å². The topological polar surface area (TPSA) is 32.3 Å². The maximum absolute atomic E-state index is 9.55. The lowest BCUT2D eigenvalue weighted by Gasteiger charge is -2.17. The van der Waals surface area contributed by atoms with Gasteiger partial charge in [0.05, 0.1) is 5.60 Å². The molecule has 1 rings (SSSR count). The number of aliphatic hydroxyl groups is 1. The lowest BCUT2D eigenvalue weighted by molar-refractivity contribution is 0.0749. The van der Waals surface area contributed by atoms with Crippen molar-refractivity contribution < 1.29 is 5.11 Å². The molecular weight excluding hydrogens is 186 g/mol. The molecule has 0 aliphatic carbocycles. The number of benzene rings is 1. The highest BCUT2D eigenvalue weighted by Crippen LogP contribution is 2.15. The van der Waals surface area contributed by atoms with E-state index in [0.717, 1.165) is 18.7 Å². The Kier molecular flexibility index (Phi) is 3.75. The number of rotatable bonds is 4. The van der Waals surface area contributed by atoms with Crippen LogP contribution in [0.4, 0.5) is 5.69 Å². The number of hydrogen-bond acceptors (Lipinski definition) is 2. The van der Waals surface area contributed by atoms with Crippen LogP contribution in [0.3, 0.4) is 0 Å². The van der Waals surface area contributed by atoms with Gasteiger partial charge in [0, 0.05) is 12.2 Å². The molecular formula is C13H21NO. The Balaban J connectivity index is 2.48. The Labute approximate surface area is 92.3 Å². The molecule has 1 aromatic rings. The highest BCUT2D eigenvalue weighted by Gasteiger charge is 2.11. The van der Waals surface area contributed by atoms with E-state index in [1.807, 2.05) is 13.8 Å². The van der Waals surface area contributed by atoms with E-state index in [9.17, 15) is 5.11 Å². The second-order valence-corrected chi connectivity index (χ2v) is 4.79. The standard InChI is InChI=1S/C13H21NO/c1-10-5-6-12(9-11(10)2)14-8-7-13(3,4)15/h5-6,9,14-15H,7-8H2,1-4H3. The number of hydrogen-bond donors (Lipinski definition) is 2. The first-order valence-corrected chi connectivity index (χ1v) is 5.42. The van der Waals surface area contributed by atoms with Crippen LogP contribution < -0.4 is 5.32 Å². The van der Waals surface area contributed by atoms with Crippen molar-refractivity contribution in [2.45, 2.75) is 39.7 Å². The third-order valence-corrected chi connectivity index (χ3v) is 2.57. The maximum Gasteiger partial charge on any atom is 0.0608 e. The fourth-order valence-corrected chi connectivity index (χ4v) is 1.36. The Morgan fingerprint density at radius 2 is 1.87 bits per heavy atom. The molecule has 0 aliphatic heterocycles. The van der Waals surface area contributed by atoms with Gasteiger partial charge >= 0.3 is 0 Å².